The Bertz CT molecular complexity index is 953. The van der Waals surface area contributed by atoms with Crippen LogP contribution >= 0.6 is 0 Å². The van der Waals surface area contributed by atoms with Gasteiger partial charge in [-0.1, -0.05) is 0 Å². The summed E-state index contributed by atoms with van der Waals surface area (Å²) in [4.78, 5) is 21.8. The summed E-state index contributed by atoms with van der Waals surface area (Å²) in [5.74, 6) is 1.67. The molecule has 3 aliphatic rings. The second-order valence-corrected chi connectivity index (χ2v) is 8.06. The van der Waals surface area contributed by atoms with Crippen LogP contribution in [0.3, 0.4) is 0 Å². The zero-order chi connectivity index (χ0) is 19.8. The van der Waals surface area contributed by atoms with Gasteiger partial charge in [-0.2, -0.15) is 13.2 Å². The molecule has 3 fully saturated rings. The van der Waals surface area contributed by atoms with Crippen molar-refractivity contribution in [1.29, 1.82) is 0 Å². The molecule has 0 bridgehead atoms. The zero-order valence-electron chi connectivity index (χ0n) is 15.3. The third kappa shape index (κ3) is 2.75. The van der Waals surface area contributed by atoms with Gasteiger partial charge in [0.15, 0.2) is 0 Å². The highest BCUT2D eigenvalue weighted by atomic mass is 19.4. The van der Waals surface area contributed by atoms with Crippen molar-refractivity contribution in [2.45, 2.75) is 37.9 Å². The number of rotatable bonds is 3. The molecule has 3 heterocycles. The zero-order valence-corrected chi connectivity index (χ0v) is 15.3. The molecule has 2 aromatic heterocycles. The van der Waals surface area contributed by atoms with E-state index in [-0.39, 0.29) is 11.9 Å². The SMILES string of the molecule is CC(=O)N1C[C@@H]2[C@H](C1)[C@H]2n1cc(-c2cnc(N)c(C(F)(F)F)c2)nc1C1CC1. The van der Waals surface area contributed by atoms with Gasteiger partial charge in [0.25, 0.3) is 0 Å². The van der Waals surface area contributed by atoms with Crippen molar-refractivity contribution in [2.24, 2.45) is 11.8 Å². The molecule has 2 saturated carbocycles. The minimum atomic E-state index is -4.56. The summed E-state index contributed by atoms with van der Waals surface area (Å²) in [6.07, 6.45) is 0.734. The number of carbonyl (C=O) groups is 1. The highest BCUT2D eigenvalue weighted by Gasteiger charge is 2.58. The molecular weight excluding hydrogens is 371 g/mol. The number of hydrogen-bond donors (Lipinski definition) is 1. The number of aromatic nitrogens is 3. The number of nitrogens with two attached hydrogens (primary N) is 1. The van der Waals surface area contributed by atoms with E-state index in [0.29, 0.717) is 29.0 Å². The maximum atomic E-state index is 13.2. The molecule has 1 amide bonds. The molecular formula is C19H20F3N5O. The molecule has 2 aromatic rings. The first kappa shape index (κ1) is 17.5. The number of imidazole rings is 1. The Morgan fingerprint density at radius 1 is 1.25 bits per heavy atom. The third-order valence-corrected chi connectivity index (χ3v) is 6.14. The summed E-state index contributed by atoms with van der Waals surface area (Å²) < 4.78 is 41.7. The monoisotopic (exact) mass is 391 g/mol. The van der Waals surface area contributed by atoms with E-state index in [1.54, 1.807) is 6.92 Å². The number of anilines is 1. The van der Waals surface area contributed by atoms with Crippen molar-refractivity contribution < 1.29 is 18.0 Å². The van der Waals surface area contributed by atoms with E-state index in [0.717, 1.165) is 37.8 Å². The Balaban J connectivity index is 1.47. The van der Waals surface area contributed by atoms with Gasteiger partial charge in [-0.15, -0.1) is 0 Å². The second-order valence-electron chi connectivity index (χ2n) is 8.06. The van der Waals surface area contributed by atoms with E-state index in [9.17, 15) is 18.0 Å². The smallest absolute Gasteiger partial charge is 0.383 e. The van der Waals surface area contributed by atoms with Crippen LogP contribution in [-0.4, -0.2) is 38.4 Å². The summed E-state index contributed by atoms with van der Waals surface area (Å²) in [5.41, 5.74) is 5.29. The van der Waals surface area contributed by atoms with E-state index in [1.165, 1.54) is 6.20 Å². The van der Waals surface area contributed by atoms with Crippen molar-refractivity contribution >= 4 is 11.7 Å². The van der Waals surface area contributed by atoms with E-state index in [1.807, 2.05) is 11.1 Å². The average Bonchev–Trinajstić information content (AvgIpc) is 3.49. The van der Waals surface area contributed by atoms with Crippen LogP contribution in [0.2, 0.25) is 0 Å². The Labute approximate surface area is 159 Å². The third-order valence-electron chi connectivity index (χ3n) is 6.14. The summed E-state index contributed by atoms with van der Waals surface area (Å²) in [6, 6.07) is 1.30. The minimum Gasteiger partial charge on any atom is -0.383 e. The van der Waals surface area contributed by atoms with Crippen molar-refractivity contribution in [1.82, 2.24) is 19.4 Å². The molecule has 28 heavy (non-hydrogen) atoms. The lowest BCUT2D eigenvalue weighted by Gasteiger charge is -2.19. The molecule has 9 heteroatoms. The fourth-order valence-corrected chi connectivity index (χ4v) is 4.44. The summed E-state index contributed by atoms with van der Waals surface area (Å²) >= 11 is 0. The summed E-state index contributed by atoms with van der Waals surface area (Å²) in [7, 11) is 0. The van der Waals surface area contributed by atoms with Gasteiger partial charge in [-0.05, 0) is 18.9 Å². The maximum Gasteiger partial charge on any atom is 0.419 e. The molecule has 0 radical (unpaired) electrons. The first-order valence-electron chi connectivity index (χ1n) is 9.41. The fraction of sp³-hybridized carbons (Fsp3) is 0.526. The molecule has 0 unspecified atom stereocenters. The van der Waals surface area contributed by atoms with Gasteiger partial charge in [0, 0.05) is 61.8 Å². The lowest BCUT2D eigenvalue weighted by atomic mass is 10.1. The molecule has 148 valence electrons. The molecule has 5 rings (SSSR count). The number of hydrogen-bond acceptors (Lipinski definition) is 4. The molecule has 1 aliphatic heterocycles. The van der Waals surface area contributed by atoms with E-state index in [4.69, 9.17) is 5.73 Å². The number of amides is 1. The number of fused-ring (bicyclic) bond motifs is 1. The first-order chi connectivity index (χ1) is 13.2. The summed E-state index contributed by atoms with van der Waals surface area (Å²) in [5, 5.41) is 0. The number of likely N-dealkylation sites (tertiary alicyclic amines) is 1. The van der Waals surface area contributed by atoms with Crippen LogP contribution in [0, 0.1) is 11.8 Å². The van der Waals surface area contributed by atoms with Gasteiger partial charge in [0.2, 0.25) is 5.91 Å². The normalized spacial score (nSPS) is 26.4. The molecule has 2 aliphatic carbocycles. The highest BCUT2D eigenvalue weighted by Crippen LogP contribution is 2.57. The van der Waals surface area contributed by atoms with Crippen molar-refractivity contribution in [3.63, 3.8) is 0 Å². The Morgan fingerprint density at radius 2 is 1.93 bits per heavy atom. The highest BCUT2D eigenvalue weighted by molar-refractivity contribution is 5.74. The van der Waals surface area contributed by atoms with E-state index >= 15 is 0 Å². The van der Waals surface area contributed by atoms with Gasteiger partial charge >= 0.3 is 6.18 Å². The number of piperidine rings is 1. The van der Waals surface area contributed by atoms with E-state index in [2.05, 4.69) is 14.5 Å². The molecule has 0 spiro atoms. The molecule has 0 aromatic carbocycles. The Morgan fingerprint density at radius 3 is 2.50 bits per heavy atom. The molecule has 1 saturated heterocycles. The number of nitrogens with zero attached hydrogens (tertiary/aromatic N) is 4. The quantitative estimate of drug-likeness (QED) is 0.872. The molecule has 2 N–H and O–H groups in total. The second kappa shape index (κ2) is 5.71. The van der Waals surface area contributed by atoms with Gasteiger partial charge in [0.05, 0.1) is 11.3 Å². The average molecular weight is 391 g/mol. The van der Waals surface area contributed by atoms with Crippen LogP contribution in [0.25, 0.3) is 11.3 Å². The van der Waals surface area contributed by atoms with Crippen LogP contribution in [-0.2, 0) is 11.0 Å². The lowest BCUT2D eigenvalue weighted by molar-refractivity contribution is -0.137. The van der Waals surface area contributed by atoms with Crippen LogP contribution in [0.1, 0.15) is 43.1 Å². The van der Waals surface area contributed by atoms with Gasteiger partial charge in [0.1, 0.15) is 11.6 Å². The van der Waals surface area contributed by atoms with Crippen molar-refractivity contribution in [3.8, 4) is 11.3 Å². The first-order valence-corrected chi connectivity index (χ1v) is 9.41. The van der Waals surface area contributed by atoms with Crippen molar-refractivity contribution in [3.05, 3.63) is 29.8 Å². The standard InChI is InChI=1S/C19H20F3N5O/c1-9(28)26-6-12-13(7-26)16(12)27-8-15(25-18(27)10-2-3-10)11-4-14(19(20,21)22)17(23)24-5-11/h4-5,8,10,12-13,16H,2-3,6-7H2,1H3,(H2,23,24)/t12-,13+,16+. The largest absolute Gasteiger partial charge is 0.419 e. The number of nitrogen functional groups attached to an aromatic ring is 1. The lowest BCUT2D eigenvalue weighted by Crippen LogP contribution is -2.29. The minimum absolute atomic E-state index is 0.0901. The number of alkyl halides is 3. The number of carbonyl (C=O) groups excluding carboxylic acids is 1. The predicted octanol–water partition coefficient (Wildman–Crippen LogP) is 3.07. The number of pyridine rings is 1. The van der Waals surface area contributed by atoms with Crippen LogP contribution in [0.5, 0.6) is 0 Å². The van der Waals surface area contributed by atoms with Gasteiger partial charge in [-0.25, -0.2) is 9.97 Å². The van der Waals surface area contributed by atoms with Gasteiger partial charge in [-0.3, -0.25) is 4.79 Å². The topological polar surface area (TPSA) is 77.0 Å². The fourth-order valence-electron chi connectivity index (χ4n) is 4.44. The van der Waals surface area contributed by atoms with E-state index < -0.39 is 17.6 Å². The maximum absolute atomic E-state index is 13.2. The molecule has 3 atom stereocenters. The number of halogens is 3. The summed E-state index contributed by atoms with van der Waals surface area (Å²) in [6.45, 7) is 3.06. The van der Waals surface area contributed by atoms with Crippen LogP contribution in [0.4, 0.5) is 19.0 Å². The Kier molecular flexibility index (Phi) is 3.57. The van der Waals surface area contributed by atoms with Gasteiger partial charge < -0.3 is 15.2 Å². The Hall–Kier alpha value is -2.58. The van der Waals surface area contributed by atoms with Crippen LogP contribution < -0.4 is 5.73 Å². The molecule has 6 nitrogen and oxygen atoms in total. The predicted molar refractivity (Wildman–Crippen MR) is 95.1 cm³/mol. The van der Waals surface area contributed by atoms with Crippen molar-refractivity contribution in [2.75, 3.05) is 18.8 Å². The van der Waals surface area contributed by atoms with Crippen LogP contribution in [0.15, 0.2) is 18.5 Å².